The van der Waals surface area contributed by atoms with Gasteiger partial charge in [-0.05, 0) is 60.3 Å². The van der Waals surface area contributed by atoms with Gasteiger partial charge in [0.2, 0.25) is 5.91 Å². The Morgan fingerprint density at radius 1 is 1.00 bits per heavy atom. The predicted octanol–water partition coefficient (Wildman–Crippen LogP) is 4.51. The van der Waals surface area contributed by atoms with E-state index in [0.29, 0.717) is 11.4 Å². The van der Waals surface area contributed by atoms with Gasteiger partial charge in [0.15, 0.2) is 0 Å². The summed E-state index contributed by atoms with van der Waals surface area (Å²) < 4.78 is 27.6. The normalized spacial score (nSPS) is 11.4. The maximum absolute atomic E-state index is 12.5. The Hall–Kier alpha value is -2.90. The molecule has 1 amide bonds. The number of hydrogen-bond donors (Lipinski definition) is 2. The van der Waals surface area contributed by atoms with Gasteiger partial charge in [0.05, 0.1) is 10.6 Å². The van der Waals surface area contributed by atoms with Crippen molar-refractivity contribution < 1.29 is 13.2 Å². The molecule has 2 N–H and O–H groups in total. The third-order valence-corrected chi connectivity index (χ3v) is 5.98. The molecule has 2 aromatic carbocycles. The van der Waals surface area contributed by atoms with Crippen molar-refractivity contribution in [3.63, 3.8) is 0 Å². The summed E-state index contributed by atoms with van der Waals surface area (Å²) in [6.45, 7) is 1.83. The van der Waals surface area contributed by atoms with Crippen LogP contribution < -0.4 is 10.0 Å². The number of thiophene rings is 1. The molecule has 0 aliphatic heterocycles. The number of rotatable bonds is 6. The van der Waals surface area contributed by atoms with Gasteiger partial charge in [0, 0.05) is 16.6 Å². The minimum atomic E-state index is -3.70. The Bertz CT molecular complexity index is 1050. The van der Waals surface area contributed by atoms with Crippen LogP contribution in [0.2, 0.25) is 0 Å². The number of amides is 1. The third-order valence-electron chi connectivity index (χ3n) is 3.76. The average molecular weight is 399 g/mol. The highest BCUT2D eigenvalue weighted by Crippen LogP contribution is 2.20. The molecule has 3 rings (SSSR count). The van der Waals surface area contributed by atoms with Gasteiger partial charge in [0.1, 0.15) is 0 Å². The molecular formula is C20H18N2O3S2. The fourth-order valence-corrected chi connectivity index (χ4v) is 4.09. The molecule has 0 atom stereocenters. The maximum atomic E-state index is 12.5. The zero-order valence-corrected chi connectivity index (χ0v) is 16.2. The first-order chi connectivity index (χ1) is 12.9. The number of para-hydroxylation sites is 1. The van der Waals surface area contributed by atoms with Crippen LogP contribution in [0.1, 0.15) is 10.4 Å². The highest BCUT2D eigenvalue weighted by Gasteiger charge is 2.15. The van der Waals surface area contributed by atoms with E-state index in [4.69, 9.17) is 0 Å². The van der Waals surface area contributed by atoms with Crippen molar-refractivity contribution in [2.24, 2.45) is 0 Å². The first-order valence-corrected chi connectivity index (χ1v) is 10.5. The van der Waals surface area contributed by atoms with Crippen molar-refractivity contribution in [2.75, 3.05) is 10.0 Å². The SMILES string of the molecule is Cc1ccccc1NS(=O)(=O)c1ccc(NC(=O)/C=C\c2cccs2)cc1. The Kier molecular flexibility index (Phi) is 5.73. The number of carbonyl (C=O) groups excluding carboxylic acids is 1. The first-order valence-electron chi connectivity index (χ1n) is 8.15. The molecule has 1 heterocycles. The summed E-state index contributed by atoms with van der Waals surface area (Å²) in [4.78, 5) is 13.0. The van der Waals surface area contributed by atoms with E-state index in [1.807, 2.05) is 36.6 Å². The number of anilines is 2. The topological polar surface area (TPSA) is 75.3 Å². The lowest BCUT2D eigenvalue weighted by atomic mass is 10.2. The van der Waals surface area contributed by atoms with Crippen LogP contribution in [0.3, 0.4) is 0 Å². The van der Waals surface area contributed by atoms with Gasteiger partial charge in [-0.1, -0.05) is 24.3 Å². The average Bonchev–Trinajstić information content (AvgIpc) is 3.16. The van der Waals surface area contributed by atoms with Crippen molar-refractivity contribution in [1.29, 1.82) is 0 Å². The summed E-state index contributed by atoms with van der Waals surface area (Å²) in [6.07, 6.45) is 3.17. The van der Waals surface area contributed by atoms with Gasteiger partial charge in [0.25, 0.3) is 10.0 Å². The second-order valence-corrected chi connectivity index (χ2v) is 8.44. The third kappa shape index (κ3) is 5.06. The Morgan fingerprint density at radius 3 is 2.41 bits per heavy atom. The van der Waals surface area contributed by atoms with Gasteiger partial charge < -0.3 is 5.32 Å². The minimum Gasteiger partial charge on any atom is -0.323 e. The second kappa shape index (κ2) is 8.20. The monoisotopic (exact) mass is 398 g/mol. The molecule has 1 aromatic heterocycles. The highest BCUT2D eigenvalue weighted by molar-refractivity contribution is 7.92. The van der Waals surface area contributed by atoms with Crippen LogP contribution in [0.25, 0.3) is 6.08 Å². The van der Waals surface area contributed by atoms with E-state index in [2.05, 4.69) is 10.0 Å². The van der Waals surface area contributed by atoms with Gasteiger partial charge in [-0.3, -0.25) is 9.52 Å². The number of benzene rings is 2. The van der Waals surface area contributed by atoms with Crippen LogP contribution in [0.15, 0.2) is 77.0 Å². The Morgan fingerprint density at radius 2 is 1.74 bits per heavy atom. The largest absolute Gasteiger partial charge is 0.323 e. The van der Waals surface area contributed by atoms with Crippen LogP contribution >= 0.6 is 11.3 Å². The highest BCUT2D eigenvalue weighted by atomic mass is 32.2. The molecule has 138 valence electrons. The van der Waals surface area contributed by atoms with E-state index < -0.39 is 10.0 Å². The van der Waals surface area contributed by atoms with Crippen molar-refractivity contribution in [1.82, 2.24) is 0 Å². The molecule has 0 saturated carbocycles. The lowest BCUT2D eigenvalue weighted by molar-refractivity contribution is -0.111. The smallest absolute Gasteiger partial charge is 0.261 e. The molecule has 0 radical (unpaired) electrons. The second-order valence-electron chi connectivity index (χ2n) is 5.78. The van der Waals surface area contributed by atoms with Gasteiger partial charge in [-0.25, -0.2) is 8.42 Å². The molecule has 0 saturated heterocycles. The van der Waals surface area contributed by atoms with Crippen LogP contribution in [0.4, 0.5) is 11.4 Å². The lowest BCUT2D eigenvalue weighted by Gasteiger charge is -2.11. The Balaban J connectivity index is 1.67. The van der Waals surface area contributed by atoms with Crippen molar-refractivity contribution >= 4 is 44.7 Å². The summed E-state index contributed by atoms with van der Waals surface area (Å²) in [5, 5.41) is 4.64. The van der Waals surface area contributed by atoms with E-state index >= 15 is 0 Å². The molecule has 27 heavy (non-hydrogen) atoms. The molecule has 0 aliphatic carbocycles. The molecular weight excluding hydrogens is 380 g/mol. The molecule has 0 spiro atoms. The van der Waals surface area contributed by atoms with Crippen molar-refractivity contribution in [3.8, 4) is 0 Å². The molecule has 0 aliphatic rings. The van der Waals surface area contributed by atoms with E-state index in [9.17, 15) is 13.2 Å². The van der Waals surface area contributed by atoms with Crippen molar-refractivity contribution in [2.45, 2.75) is 11.8 Å². The number of aryl methyl sites for hydroxylation is 1. The van der Waals surface area contributed by atoms with Crippen LogP contribution in [-0.4, -0.2) is 14.3 Å². The fraction of sp³-hybridized carbons (Fsp3) is 0.0500. The molecule has 7 heteroatoms. The predicted molar refractivity (Wildman–Crippen MR) is 110 cm³/mol. The van der Waals surface area contributed by atoms with Crippen LogP contribution in [-0.2, 0) is 14.8 Å². The summed E-state index contributed by atoms with van der Waals surface area (Å²) >= 11 is 1.54. The van der Waals surface area contributed by atoms with Crippen LogP contribution in [0.5, 0.6) is 0 Å². The van der Waals surface area contributed by atoms with Crippen molar-refractivity contribution in [3.05, 3.63) is 82.6 Å². The number of carbonyl (C=O) groups is 1. The lowest BCUT2D eigenvalue weighted by Crippen LogP contribution is -2.14. The minimum absolute atomic E-state index is 0.123. The molecule has 0 fully saturated rings. The summed E-state index contributed by atoms with van der Waals surface area (Å²) in [5.74, 6) is -0.281. The van der Waals surface area contributed by atoms with E-state index in [0.717, 1.165) is 10.4 Å². The summed E-state index contributed by atoms with van der Waals surface area (Å²) in [6, 6.07) is 17.0. The summed E-state index contributed by atoms with van der Waals surface area (Å²) in [7, 11) is -3.70. The maximum Gasteiger partial charge on any atom is 0.261 e. The molecule has 5 nitrogen and oxygen atoms in total. The zero-order chi connectivity index (χ0) is 19.3. The molecule has 0 unspecified atom stereocenters. The molecule has 3 aromatic rings. The number of nitrogens with one attached hydrogen (secondary N) is 2. The van der Waals surface area contributed by atoms with Gasteiger partial charge in [-0.2, -0.15) is 0 Å². The summed E-state index contributed by atoms with van der Waals surface area (Å²) in [5.41, 5.74) is 1.89. The fourth-order valence-electron chi connectivity index (χ4n) is 2.34. The quantitative estimate of drug-likeness (QED) is 0.600. The molecule has 0 bridgehead atoms. The van der Waals surface area contributed by atoms with Gasteiger partial charge >= 0.3 is 0 Å². The van der Waals surface area contributed by atoms with E-state index in [1.165, 1.54) is 29.5 Å². The zero-order valence-electron chi connectivity index (χ0n) is 14.5. The Labute approximate surface area is 162 Å². The van der Waals surface area contributed by atoms with E-state index in [-0.39, 0.29) is 10.8 Å². The number of hydrogen-bond acceptors (Lipinski definition) is 4. The van der Waals surface area contributed by atoms with E-state index in [1.54, 1.807) is 30.3 Å². The van der Waals surface area contributed by atoms with Gasteiger partial charge in [-0.15, -0.1) is 11.3 Å². The standard InChI is InChI=1S/C20H18N2O3S2/c1-15-5-2-3-7-19(15)22-27(24,25)18-11-8-16(9-12-18)21-20(23)13-10-17-6-4-14-26-17/h2-14,22H,1H3,(H,21,23)/b13-10-. The van der Waals surface area contributed by atoms with Crippen LogP contribution in [0, 0.1) is 6.92 Å². The number of sulfonamides is 1. The first kappa shape index (κ1) is 18.9.